The second-order valence-corrected chi connectivity index (χ2v) is 9.36. The standard InChI is InChI=1S/C30H21FN4O3/c1-17(29-33-30(36)38-34-29)27-22-10-8-18(13-20(22)16-37-25-15-21(31)9-11-23(25)27)14-24-28(19-5-4-6-19)32-26-7-2-3-12-35(24)26/h2-13,15H,14,16H2,1H3,(H,33,34,36)/b27-17-. The molecule has 0 fully saturated rings. The van der Waals surface area contributed by atoms with Crippen molar-refractivity contribution < 1.29 is 13.7 Å². The number of pyridine rings is 1. The van der Waals surface area contributed by atoms with E-state index in [0.717, 1.165) is 44.9 Å². The summed E-state index contributed by atoms with van der Waals surface area (Å²) < 4.78 is 27.1. The molecule has 8 heteroatoms. The number of fused-ring (bicyclic) bond motifs is 3. The number of benzene rings is 2. The van der Waals surface area contributed by atoms with Crippen LogP contribution < -0.4 is 10.5 Å². The predicted molar refractivity (Wildman–Crippen MR) is 141 cm³/mol. The van der Waals surface area contributed by atoms with Gasteiger partial charge in [0.05, 0.1) is 11.4 Å². The van der Waals surface area contributed by atoms with Crippen LogP contribution in [0.3, 0.4) is 0 Å². The van der Waals surface area contributed by atoms with E-state index in [0.29, 0.717) is 29.1 Å². The molecule has 0 amide bonds. The Hall–Kier alpha value is -4.98. The van der Waals surface area contributed by atoms with Gasteiger partial charge in [0.1, 0.15) is 23.8 Å². The lowest BCUT2D eigenvalue weighted by molar-refractivity contribution is 0.305. The summed E-state index contributed by atoms with van der Waals surface area (Å²) in [4.78, 5) is 19.2. The molecule has 0 saturated heterocycles. The SMILES string of the molecule is C/C(=C1\c2ccc(Cc3c(C4=CC=C4)nc4ccccn34)cc2COc2cc(F)ccc21)c1noc(=O)[nH]1. The Labute approximate surface area is 216 Å². The van der Waals surface area contributed by atoms with Gasteiger partial charge in [-0.05, 0) is 53.5 Å². The maximum absolute atomic E-state index is 14.2. The molecular formula is C30H21FN4O3. The van der Waals surface area contributed by atoms with E-state index in [1.54, 1.807) is 6.07 Å². The summed E-state index contributed by atoms with van der Waals surface area (Å²) in [6.07, 6.45) is 8.85. The maximum atomic E-state index is 14.2. The van der Waals surface area contributed by atoms with Crippen LogP contribution in [0, 0.1) is 5.82 Å². The van der Waals surface area contributed by atoms with Crippen LogP contribution in [-0.4, -0.2) is 19.5 Å². The van der Waals surface area contributed by atoms with Crippen LogP contribution in [0.2, 0.25) is 0 Å². The van der Waals surface area contributed by atoms with Gasteiger partial charge < -0.3 is 9.14 Å². The van der Waals surface area contributed by atoms with E-state index >= 15 is 0 Å². The third-order valence-electron chi connectivity index (χ3n) is 7.03. The topological polar surface area (TPSA) is 85.4 Å². The van der Waals surface area contributed by atoms with Crippen molar-refractivity contribution in [1.82, 2.24) is 19.5 Å². The molecule has 7 rings (SSSR count). The van der Waals surface area contributed by atoms with Gasteiger partial charge in [0.2, 0.25) is 0 Å². The van der Waals surface area contributed by atoms with Gasteiger partial charge in [0, 0.05) is 35.4 Å². The van der Waals surface area contributed by atoms with Crippen LogP contribution in [0.15, 0.2) is 88.3 Å². The van der Waals surface area contributed by atoms with Crippen molar-refractivity contribution in [3.8, 4) is 5.75 Å². The second-order valence-electron chi connectivity index (χ2n) is 9.36. The van der Waals surface area contributed by atoms with E-state index < -0.39 is 5.76 Å². The average Bonchev–Trinajstić information content (AvgIpc) is 3.43. The lowest BCUT2D eigenvalue weighted by Crippen LogP contribution is -2.03. The van der Waals surface area contributed by atoms with Gasteiger partial charge >= 0.3 is 5.76 Å². The Morgan fingerprint density at radius 2 is 2.00 bits per heavy atom. The molecule has 5 aromatic rings. The van der Waals surface area contributed by atoms with E-state index in [-0.39, 0.29) is 12.4 Å². The van der Waals surface area contributed by atoms with Crippen LogP contribution in [0.5, 0.6) is 5.75 Å². The first-order valence-electron chi connectivity index (χ1n) is 12.2. The predicted octanol–water partition coefficient (Wildman–Crippen LogP) is 5.57. The molecule has 0 spiro atoms. The van der Waals surface area contributed by atoms with Gasteiger partial charge in [-0.2, -0.15) is 0 Å². The third kappa shape index (κ3) is 3.61. The number of nitrogens with one attached hydrogen (secondary N) is 1. The Balaban J connectivity index is 1.36. The molecule has 0 bridgehead atoms. The van der Waals surface area contributed by atoms with E-state index in [4.69, 9.17) is 14.2 Å². The molecule has 1 N–H and O–H groups in total. The van der Waals surface area contributed by atoms with Gasteiger partial charge in [0.15, 0.2) is 5.82 Å². The molecule has 1 aliphatic heterocycles. The zero-order valence-corrected chi connectivity index (χ0v) is 20.4. The highest BCUT2D eigenvalue weighted by Crippen LogP contribution is 2.41. The monoisotopic (exact) mass is 504 g/mol. The molecule has 0 atom stereocenters. The number of rotatable bonds is 4. The summed E-state index contributed by atoms with van der Waals surface area (Å²) >= 11 is 0. The maximum Gasteiger partial charge on any atom is 0.439 e. The van der Waals surface area contributed by atoms with Crippen LogP contribution in [-0.2, 0) is 13.0 Å². The molecule has 4 heterocycles. The van der Waals surface area contributed by atoms with Crippen molar-refractivity contribution >= 4 is 22.4 Å². The highest BCUT2D eigenvalue weighted by molar-refractivity contribution is 5.99. The molecule has 0 unspecified atom stereocenters. The lowest BCUT2D eigenvalue weighted by atomic mass is 9.89. The summed E-state index contributed by atoms with van der Waals surface area (Å²) in [5.41, 5.74) is 9.24. The van der Waals surface area contributed by atoms with Gasteiger partial charge in [-0.25, -0.2) is 14.2 Å². The number of hydrogen-bond acceptors (Lipinski definition) is 5. The number of H-pyrrole nitrogens is 1. The fraction of sp³-hybridized carbons (Fsp3) is 0.100. The highest BCUT2D eigenvalue weighted by atomic mass is 19.1. The average molecular weight is 505 g/mol. The van der Waals surface area contributed by atoms with Crippen LogP contribution >= 0.6 is 0 Å². The Kier molecular flexibility index (Phi) is 5.00. The van der Waals surface area contributed by atoms with Crippen molar-refractivity contribution in [3.05, 3.63) is 135 Å². The van der Waals surface area contributed by atoms with Gasteiger partial charge in [0.25, 0.3) is 0 Å². The molecular weight excluding hydrogens is 483 g/mol. The molecule has 2 aliphatic rings. The largest absolute Gasteiger partial charge is 0.488 e. The first-order chi connectivity index (χ1) is 18.5. The summed E-state index contributed by atoms with van der Waals surface area (Å²) in [6.45, 7) is 2.11. The Morgan fingerprint density at radius 3 is 2.79 bits per heavy atom. The fourth-order valence-corrected chi connectivity index (χ4v) is 5.15. The van der Waals surface area contributed by atoms with E-state index in [9.17, 15) is 9.18 Å². The molecule has 0 radical (unpaired) electrons. The number of imidazole rings is 1. The zero-order chi connectivity index (χ0) is 25.8. The molecule has 2 aromatic carbocycles. The zero-order valence-electron chi connectivity index (χ0n) is 20.4. The molecule has 186 valence electrons. The number of aromatic amines is 1. The number of halogens is 1. The second kappa shape index (κ2) is 8.55. The minimum Gasteiger partial charge on any atom is -0.488 e. The van der Waals surface area contributed by atoms with Crippen LogP contribution in [0.4, 0.5) is 4.39 Å². The normalized spacial score (nSPS) is 15.3. The summed E-state index contributed by atoms with van der Waals surface area (Å²) in [5, 5.41) is 3.88. The smallest absolute Gasteiger partial charge is 0.439 e. The molecule has 38 heavy (non-hydrogen) atoms. The first-order valence-corrected chi connectivity index (χ1v) is 12.2. The third-order valence-corrected chi connectivity index (χ3v) is 7.03. The highest BCUT2D eigenvalue weighted by Gasteiger charge is 2.24. The minimum atomic E-state index is -0.639. The Morgan fingerprint density at radius 1 is 1.13 bits per heavy atom. The summed E-state index contributed by atoms with van der Waals surface area (Å²) in [7, 11) is 0. The fourth-order valence-electron chi connectivity index (χ4n) is 5.15. The van der Waals surface area contributed by atoms with Crippen molar-refractivity contribution in [3.63, 3.8) is 0 Å². The van der Waals surface area contributed by atoms with Crippen LogP contribution in [0.25, 0.3) is 22.4 Å². The van der Waals surface area contributed by atoms with Crippen molar-refractivity contribution in [1.29, 1.82) is 0 Å². The number of ether oxygens (including phenoxy) is 1. The number of allylic oxidation sites excluding steroid dienone is 5. The van der Waals surface area contributed by atoms with Gasteiger partial charge in [-0.1, -0.05) is 47.7 Å². The Bertz CT molecular complexity index is 1900. The molecule has 7 nitrogen and oxygen atoms in total. The van der Waals surface area contributed by atoms with Gasteiger partial charge in [-0.15, -0.1) is 0 Å². The summed E-state index contributed by atoms with van der Waals surface area (Å²) in [6, 6.07) is 16.7. The van der Waals surface area contributed by atoms with Crippen molar-refractivity contribution in [2.75, 3.05) is 0 Å². The van der Waals surface area contributed by atoms with Crippen molar-refractivity contribution in [2.45, 2.75) is 20.0 Å². The number of aromatic nitrogens is 4. The first kappa shape index (κ1) is 22.2. The van der Waals surface area contributed by atoms with E-state index in [1.807, 2.05) is 37.4 Å². The number of nitrogens with zero attached hydrogens (tertiary/aromatic N) is 3. The summed E-state index contributed by atoms with van der Waals surface area (Å²) in [5.74, 6) is -0.285. The van der Waals surface area contributed by atoms with E-state index in [2.05, 4.69) is 44.9 Å². The van der Waals surface area contributed by atoms with Crippen LogP contribution in [0.1, 0.15) is 46.4 Å². The molecule has 1 aliphatic carbocycles. The van der Waals surface area contributed by atoms with Crippen molar-refractivity contribution in [2.24, 2.45) is 0 Å². The lowest BCUT2D eigenvalue weighted by Gasteiger charge is -2.15. The number of hydrogen-bond donors (Lipinski definition) is 1. The minimum absolute atomic E-state index is 0.264. The van der Waals surface area contributed by atoms with Gasteiger partial charge in [-0.3, -0.25) is 9.51 Å². The molecule has 0 saturated carbocycles. The quantitative estimate of drug-likeness (QED) is 0.346. The van der Waals surface area contributed by atoms with E-state index in [1.165, 1.54) is 12.1 Å². The molecule has 3 aromatic heterocycles.